The smallest absolute Gasteiger partial charge is 0.239 e. The van der Waals surface area contributed by atoms with Gasteiger partial charge in [0, 0.05) is 0 Å². The number of carbonyl (C=O) groups excluding carboxylic acids is 2. The molecule has 2 amide bonds. The minimum absolute atomic E-state index is 0.0520. The molecule has 0 aromatic carbocycles. The SMILES string of the molecule is NCC(=O)NCC(=O)NC1(CO)CCCC1. The van der Waals surface area contributed by atoms with E-state index in [0.29, 0.717) is 0 Å². The zero-order chi connectivity index (χ0) is 12.0. The summed E-state index contributed by atoms with van der Waals surface area (Å²) in [6.07, 6.45) is 3.60. The Kier molecular flexibility index (Phi) is 4.70. The fraction of sp³-hybridized carbons (Fsp3) is 0.800. The molecule has 0 bridgehead atoms. The van der Waals surface area contributed by atoms with Crippen LogP contribution in [-0.2, 0) is 9.59 Å². The van der Waals surface area contributed by atoms with Crippen molar-refractivity contribution < 1.29 is 14.7 Å². The van der Waals surface area contributed by atoms with E-state index in [1.54, 1.807) is 0 Å². The van der Waals surface area contributed by atoms with Gasteiger partial charge < -0.3 is 21.5 Å². The van der Waals surface area contributed by atoms with Crippen molar-refractivity contribution in [1.82, 2.24) is 10.6 Å². The predicted molar refractivity (Wildman–Crippen MR) is 58.5 cm³/mol. The van der Waals surface area contributed by atoms with Crippen LogP contribution in [0.1, 0.15) is 25.7 Å². The van der Waals surface area contributed by atoms with E-state index in [-0.39, 0.29) is 31.5 Å². The monoisotopic (exact) mass is 229 g/mol. The molecule has 0 heterocycles. The number of nitrogens with one attached hydrogen (secondary N) is 2. The molecule has 1 fully saturated rings. The zero-order valence-corrected chi connectivity index (χ0v) is 9.29. The zero-order valence-electron chi connectivity index (χ0n) is 9.29. The van der Waals surface area contributed by atoms with Gasteiger partial charge in [0.2, 0.25) is 11.8 Å². The van der Waals surface area contributed by atoms with Crippen molar-refractivity contribution in [2.75, 3.05) is 19.7 Å². The van der Waals surface area contributed by atoms with Gasteiger partial charge in [-0.2, -0.15) is 0 Å². The standard InChI is InChI=1S/C10H19N3O3/c11-5-8(15)12-6-9(16)13-10(7-14)3-1-2-4-10/h14H,1-7,11H2,(H,12,15)(H,13,16). The number of nitrogens with two attached hydrogens (primary N) is 1. The van der Waals surface area contributed by atoms with Crippen LogP contribution in [0.5, 0.6) is 0 Å². The Balaban J connectivity index is 2.35. The van der Waals surface area contributed by atoms with Crippen LogP contribution in [0.15, 0.2) is 0 Å². The van der Waals surface area contributed by atoms with Crippen LogP contribution < -0.4 is 16.4 Å². The molecule has 1 saturated carbocycles. The molecule has 6 heteroatoms. The predicted octanol–water partition coefficient (Wildman–Crippen LogP) is -1.52. The molecule has 0 aliphatic heterocycles. The van der Waals surface area contributed by atoms with Crippen molar-refractivity contribution in [3.63, 3.8) is 0 Å². The third-order valence-corrected chi connectivity index (χ3v) is 2.90. The minimum atomic E-state index is -0.482. The van der Waals surface area contributed by atoms with Crippen LogP contribution in [0.2, 0.25) is 0 Å². The maximum absolute atomic E-state index is 11.5. The highest BCUT2D eigenvalue weighted by molar-refractivity contribution is 5.85. The van der Waals surface area contributed by atoms with Gasteiger partial charge in [-0.25, -0.2) is 0 Å². The summed E-state index contributed by atoms with van der Waals surface area (Å²) in [7, 11) is 0. The van der Waals surface area contributed by atoms with E-state index in [1.165, 1.54) is 0 Å². The number of rotatable bonds is 5. The van der Waals surface area contributed by atoms with Crippen LogP contribution in [0.25, 0.3) is 0 Å². The summed E-state index contributed by atoms with van der Waals surface area (Å²) >= 11 is 0. The molecule has 5 N–H and O–H groups in total. The molecular weight excluding hydrogens is 210 g/mol. The molecule has 0 unspecified atom stereocenters. The van der Waals surface area contributed by atoms with Gasteiger partial charge in [0.25, 0.3) is 0 Å². The highest BCUT2D eigenvalue weighted by Gasteiger charge is 2.34. The van der Waals surface area contributed by atoms with E-state index in [0.717, 1.165) is 25.7 Å². The Morgan fingerprint density at radius 1 is 1.25 bits per heavy atom. The molecule has 1 rings (SSSR count). The van der Waals surface area contributed by atoms with Gasteiger partial charge in [-0.05, 0) is 12.8 Å². The van der Waals surface area contributed by atoms with Gasteiger partial charge in [0.05, 0.1) is 25.2 Å². The van der Waals surface area contributed by atoms with Crippen molar-refractivity contribution in [2.45, 2.75) is 31.2 Å². The molecular formula is C10H19N3O3. The quantitative estimate of drug-likeness (QED) is 0.459. The number of carbonyl (C=O) groups is 2. The first-order valence-corrected chi connectivity index (χ1v) is 5.50. The summed E-state index contributed by atoms with van der Waals surface area (Å²) in [5.41, 5.74) is 4.61. The lowest BCUT2D eigenvalue weighted by Crippen LogP contribution is -2.52. The van der Waals surface area contributed by atoms with E-state index in [2.05, 4.69) is 10.6 Å². The van der Waals surface area contributed by atoms with Gasteiger partial charge in [-0.3, -0.25) is 9.59 Å². The van der Waals surface area contributed by atoms with Crippen molar-refractivity contribution >= 4 is 11.8 Å². The highest BCUT2D eigenvalue weighted by Crippen LogP contribution is 2.28. The van der Waals surface area contributed by atoms with E-state index in [1.807, 2.05) is 0 Å². The normalized spacial score (nSPS) is 18.1. The molecule has 0 aromatic rings. The Morgan fingerprint density at radius 3 is 2.38 bits per heavy atom. The first-order chi connectivity index (χ1) is 7.62. The van der Waals surface area contributed by atoms with Crippen molar-refractivity contribution in [3.8, 4) is 0 Å². The van der Waals surface area contributed by atoms with E-state index < -0.39 is 5.54 Å². The molecule has 0 saturated heterocycles. The van der Waals surface area contributed by atoms with Crippen LogP contribution in [-0.4, -0.2) is 42.2 Å². The number of aliphatic hydroxyl groups is 1. The van der Waals surface area contributed by atoms with Gasteiger partial charge in [-0.15, -0.1) is 0 Å². The average Bonchev–Trinajstić information content (AvgIpc) is 2.75. The summed E-state index contributed by atoms with van der Waals surface area (Å²) in [6, 6.07) is 0. The van der Waals surface area contributed by atoms with Crippen LogP contribution in [0.4, 0.5) is 0 Å². The topological polar surface area (TPSA) is 104 Å². The van der Waals surface area contributed by atoms with Crippen molar-refractivity contribution in [1.29, 1.82) is 0 Å². The fourth-order valence-electron chi connectivity index (χ4n) is 1.97. The average molecular weight is 229 g/mol. The number of aliphatic hydroxyl groups excluding tert-OH is 1. The maximum atomic E-state index is 11.5. The Bertz CT molecular complexity index is 262. The maximum Gasteiger partial charge on any atom is 0.239 e. The molecule has 0 aromatic heterocycles. The van der Waals surface area contributed by atoms with Crippen molar-refractivity contribution in [3.05, 3.63) is 0 Å². The Morgan fingerprint density at radius 2 is 1.88 bits per heavy atom. The first kappa shape index (κ1) is 12.9. The molecule has 92 valence electrons. The summed E-state index contributed by atoms with van der Waals surface area (Å²) in [6.45, 7) is -0.264. The Labute approximate surface area is 94.6 Å². The lowest BCUT2D eigenvalue weighted by Gasteiger charge is -2.27. The Hall–Kier alpha value is -1.14. The van der Waals surface area contributed by atoms with Crippen LogP contribution in [0, 0.1) is 0 Å². The van der Waals surface area contributed by atoms with Crippen LogP contribution >= 0.6 is 0 Å². The van der Waals surface area contributed by atoms with E-state index in [4.69, 9.17) is 5.73 Å². The molecule has 0 atom stereocenters. The molecule has 1 aliphatic carbocycles. The third-order valence-electron chi connectivity index (χ3n) is 2.90. The van der Waals surface area contributed by atoms with E-state index in [9.17, 15) is 14.7 Å². The third kappa shape index (κ3) is 3.46. The van der Waals surface area contributed by atoms with Crippen molar-refractivity contribution in [2.24, 2.45) is 5.73 Å². The summed E-state index contributed by atoms with van der Waals surface area (Å²) in [4.78, 5) is 22.3. The van der Waals surface area contributed by atoms with Gasteiger partial charge in [0.15, 0.2) is 0 Å². The summed E-state index contributed by atoms with van der Waals surface area (Å²) < 4.78 is 0. The summed E-state index contributed by atoms with van der Waals surface area (Å²) in [5.74, 6) is -0.641. The highest BCUT2D eigenvalue weighted by atomic mass is 16.3. The van der Waals surface area contributed by atoms with Crippen LogP contribution in [0.3, 0.4) is 0 Å². The first-order valence-electron chi connectivity index (χ1n) is 5.50. The molecule has 1 aliphatic rings. The van der Waals surface area contributed by atoms with Gasteiger partial charge in [0.1, 0.15) is 0 Å². The molecule has 6 nitrogen and oxygen atoms in total. The second-order valence-corrected chi connectivity index (χ2v) is 4.17. The number of amides is 2. The second-order valence-electron chi connectivity index (χ2n) is 4.17. The lowest BCUT2D eigenvalue weighted by atomic mass is 9.99. The minimum Gasteiger partial charge on any atom is -0.394 e. The van der Waals surface area contributed by atoms with E-state index >= 15 is 0 Å². The van der Waals surface area contributed by atoms with Gasteiger partial charge >= 0.3 is 0 Å². The fourth-order valence-corrected chi connectivity index (χ4v) is 1.97. The number of hydrogen-bond acceptors (Lipinski definition) is 4. The number of hydrogen-bond donors (Lipinski definition) is 4. The second kappa shape index (κ2) is 5.81. The molecule has 0 radical (unpaired) electrons. The largest absolute Gasteiger partial charge is 0.394 e. The summed E-state index contributed by atoms with van der Waals surface area (Å²) in [5, 5.41) is 14.4. The van der Waals surface area contributed by atoms with Gasteiger partial charge in [-0.1, -0.05) is 12.8 Å². The molecule has 16 heavy (non-hydrogen) atoms. The lowest BCUT2D eigenvalue weighted by molar-refractivity contribution is -0.126. The molecule has 0 spiro atoms.